The summed E-state index contributed by atoms with van der Waals surface area (Å²) in [5.41, 5.74) is 0.409. The van der Waals surface area contributed by atoms with E-state index in [9.17, 15) is 0 Å². The first-order chi connectivity index (χ1) is 9.08. The summed E-state index contributed by atoms with van der Waals surface area (Å²) in [4.78, 5) is 2.54. The van der Waals surface area contributed by atoms with Crippen LogP contribution >= 0.6 is 0 Å². The van der Waals surface area contributed by atoms with Gasteiger partial charge in [0, 0.05) is 25.7 Å². The van der Waals surface area contributed by atoms with Gasteiger partial charge in [0.1, 0.15) is 0 Å². The Bertz CT molecular complexity index is 241. The zero-order valence-corrected chi connectivity index (χ0v) is 13.7. The Morgan fingerprint density at radius 3 is 2.42 bits per heavy atom. The standard InChI is InChI=1S/C16H34N2O/c1-6-10-17-12-16(7-2,8-3)13-18(5)15-9-11-19-14(15)4/h14-15,17H,6-13H2,1-5H3. The third kappa shape index (κ3) is 4.73. The van der Waals surface area contributed by atoms with Crippen LogP contribution in [0.4, 0.5) is 0 Å². The lowest BCUT2D eigenvalue weighted by atomic mass is 9.81. The maximum Gasteiger partial charge on any atom is 0.0702 e. The van der Waals surface area contributed by atoms with E-state index in [0.717, 1.165) is 19.7 Å². The van der Waals surface area contributed by atoms with Gasteiger partial charge in [0.05, 0.1) is 6.10 Å². The van der Waals surface area contributed by atoms with E-state index in [2.05, 4.69) is 45.0 Å². The van der Waals surface area contributed by atoms with E-state index in [1.807, 2.05) is 0 Å². The molecule has 1 heterocycles. The van der Waals surface area contributed by atoms with Gasteiger partial charge in [-0.1, -0.05) is 20.8 Å². The Morgan fingerprint density at radius 1 is 1.26 bits per heavy atom. The van der Waals surface area contributed by atoms with Crippen LogP contribution < -0.4 is 5.32 Å². The normalized spacial score (nSPS) is 24.3. The number of ether oxygens (including phenoxy) is 1. The van der Waals surface area contributed by atoms with Gasteiger partial charge in [0.2, 0.25) is 0 Å². The van der Waals surface area contributed by atoms with Gasteiger partial charge >= 0.3 is 0 Å². The molecule has 3 nitrogen and oxygen atoms in total. The first-order valence-corrected chi connectivity index (χ1v) is 8.11. The Balaban J connectivity index is 2.55. The molecule has 0 aliphatic carbocycles. The summed E-state index contributed by atoms with van der Waals surface area (Å²) in [5, 5.41) is 3.63. The Labute approximate surface area is 120 Å². The molecule has 1 aliphatic rings. The number of hydrogen-bond donors (Lipinski definition) is 1. The van der Waals surface area contributed by atoms with Crippen LogP contribution in [-0.4, -0.2) is 50.3 Å². The zero-order valence-electron chi connectivity index (χ0n) is 13.7. The maximum atomic E-state index is 5.71. The Morgan fingerprint density at radius 2 is 1.95 bits per heavy atom. The summed E-state index contributed by atoms with van der Waals surface area (Å²) in [5.74, 6) is 0. The highest BCUT2D eigenvalue weighted by molar-refractivity contribution is 4.87. The first-order valence-electron chi connectivity index (χ1n) is 8.11. The van der Waals surface area contributed by atoms with Crippen molar-refractivity contribution in [1.82, 2.24) is 10.2 Å². The molecule has 1 fully saturated rings. The highest BCUT2D eigenvalue weighted by Crippen LogP contribution is 2.29. The van der Waals surface area contributed by atoms with E-state index >= 15 is 0 Å². The molecule has 0 amide bonds. The summed E-state index contributed by atoms with van der Waals surface area (Å²) in [6, 6.07) is 0.601. The van der Waals surface area contributed by atoms with Gasteiger partial charge in [-0.15, -0.1) is 0 Å². The van der Waals surface area contributed by atoms with Crippen molar-refractivity contribution in [1.29, 1.82) is 0 Å². The molecule has 2 atom stereocenters. The third-order valence-electron chi connectivity index (χ3n) is 4.91. The molecule has 114 valence electrons. The quantitative estimate of drug-likeness (QED) is 0.652. The minimum absolute atomic E-state index is 0.389. The molecule has 0 spiro atoms. The van der Waals surface area contributed by atoms with Gasteiger partial charge < -0.3 is 15.0 Å². The molecule has 0 aromatic carbocycles. The van der Waals surface area contributed by atoms with Crippen molar-refractivity contribution in [2.75, 3.05) is 33.3 Å². The van der Waals surface area contributed by atoms with Crippen LogP contribution in [0.1, 0.15) is 53.4 Å². The van der Waals surface area contributed by atoms with Crippen molar-refractivity contribution in [3.8, 4) is 0 Å². The lowest BCUT2D eigenvalue weighted by Gasteiger charge is -2.39. The monoisotopic (exact) mass is 270 g/mol. The van der Waals surface area contributed by atoms with Crippen molar-refractivity contribution in [3.05, 3.63) is 0 Å². The van der Waals surface area contributed by atoms with E-state index in [4.69, 9.17) is 4.74 Å². The van der Waals surface area contributed by atoms with Crippen molar-refractivity contribution < 1.29 is 4.74 Å². The van der Waals surface area contributed by atoms with Crippen LogP contribution in [0.2, 0.25) is 0 Å². The highest BCUT2D eigenvalue weighted by atomic mass is 16.5. The number of nitrogens with one attached hydrogen (secondary N) is 1. The van der Waals surface area contributed by atoms with Crippen LogP contribution in [0.15, 0.2) is 0 Å². The smallest absolute Gasteiger partial charge is 0.0702 e. The lowest BCUT2D eigenvalue weighted by Crippen LogP contribution is -2.47. The highest BCUT2D eigenvalue weighted by Gasteiger charge is 2.33. The van der Waals surface area contributed by atoms with Crippen LogP contribution in [0.5, 0.6) is 0 Å². The number of hydrogen-bond acceptors (Lipinski definition) is 3. The van der Waals surface area contributed by atoms with Gasteiger partial charge in [-0.3, -0.25) is 0 Å². The average Bonchev–Trinajstić information content (AvgIpc) is 2.84. The molecular formula is C16H34N2O. The number of nitrogens with zero attached hydrogens (tertiary/aromatic N) is 1. The molecule has 0 aromatic rings. The second-order valence-corrected chi connectivity index (χ2v) is 6.23. The Kier molecular flexibility index (Phi) is 7.33. The second kappa shape index (κ2) is 8.23. The van der Waals surface area contributed by atoms with Gasteiger partial charge in [-0.05, 0) is 51.6 Å². The molecule has 19 heavy (non-hydrogen) atoms. The molecule has 2 unspecified atom stereocenters. The lowest BCUT2D eigenvalue weighted by molar-refractivity contribution is 0.0600. The molecule has 0 bridgehead atoms. The van der Waals surface area contributed by atoms with Gasteiger partial charge in [-0.2, -0.15) is 0 Å². The van der Waals surface area contributed by atoms with Crippen molar-refractivity contribution >= 4 is 0 Å². The third-order valence-corrected chi connectivity index (χ3v) is 4.91. The Hall–Kier alpha value is -0.120. The van der Waals surface area contributed by atoms with Crippen molar-refractivity contribution in [2.45, 2.75) is 65.5 Å². The van der Waals surface area contributed by atoms with E-state index in [1.54, 1.807) is 0 Å². The fraction of sp³-hybridized carbons (Fsp3) is 1.00. The molecular weight excluding hydrogens is 236 g/mol. The maximum absolute atomic E-state index is 5.71. The van der Waals surface area contributed by atoms with Gasteiger partial charge in [0.25, 0.3) is 0 Å². The molecule has 1 rings (SSSR count). The fourth-order valence-electron chi connectivity index (χ4n) is 3.26. The SMILES string of the molecule is CCCNCC(CC)(CC)CN(C)C1CCOC1C. The molecule has 1 N–H and O–H groups in total. The van der Waals surface area contributed by atoms with Gasteiger partial charge in [-0.25, -0.2) is 0 Å². The second-order valence-electron chi connectivity index (χ2n) is 6.23. The summed E-state index contributed by atoms with van der Waals surface area (Å²) >= 11 is 0. The van der Waals surface area contributed by atoms with Crippen molar-refractivity contribution in [3.63, 3.8) is 0 Å². The summed E-state index contributed by atoms with van der Waals surface area (Å²) in [7, 11) is 2.27. The largest absolute Gasteiger partial charge is 0.377 e. The topological polar surface area (TPSA) is 24.5 Å². The summed E-state index contributed by atoms with van der Waals surface area (Å²) < 4.78 is 5.71. The van der Waals surface area contributed by atoms with Crippen LogP contribution in [-0.2, 0) is 4.74 Å². The molecule has 0 saturated carbocycles. The molecule has 0 radical (unpaired) electrons. The van der Waals surface area contributed by atoms with E-state index in [-0.39, 0.29) is 0 Å². The average molecular weight is 270 g/mol. The van der Waals surface area contributed by atoms with Crippen molar-refractivity contribution in [2.24, 2.45) is 5.41 Å². The molecule has 1 saturated heterocycles. The predicted molar refractivity (Wildman–Crippen MR) is 82.6 cm³/mol. The summed E-state index contributed by atoms with van der Waals surface area (Å²) in [6.45, 7) is 13.5. The molecule has 0 aromatic heterocycles. The number of likely N-dealkylation sites (N-methyl/N-ethyl adjacent to an activating group) is 1. The minimum atomic E-state index is 0.389. The molecule has 1 aliphatic heterocycles. The van der Waals surface area contributed by atoms with E-state index < -0.39 is 0 Å². The van der Waals surface area contributed by atoms with Crippen LogP contribution in [0, 0.1) is 5.41 Å². The molecule has 3 heteroatoms. The predicted octanol–water partition coefficient (Wildman–Crippen LogP) is 2.90. The van der Waals surface area contributed by atoms with E-state index in [0.29, 0.717) is 17.6 Å². The van der Waals surface area contributed by atoms with E-state index in [1.165, 1.54) is 32.2 Å². The van der Waals surface area contributed by atoms with Crippen LogP contribution in [0.25, 0.3) is 0 Å². The van der Waals surface area contributed by atoms with Gasteiger partial charge in [0.15, 0.2) is 0 Å². The number of rotatable bonds is 9. The fourth-order valence-corrected chi connectivity index (χ4v) is 3.26. The first kappa shape index (κ1) is 16.9. The summed E-state index contributed by atoms with van der Waals surface area (Å²) in [6.07, 6.45) is 5.27. The minimum Gasteiger partial charge on any atom is -0.377 e. The van der Waals surface area contributed by atoms with Crippen LogP contribution in [0.3, 0.4) is 0 Å². The zero-order chi connectivity index (χ0) is 14.3.